The molecule has 2 nitrogen and oxygen atoms in total. The van der Waals surface area contributed by atoms with Crippen LogP contribution in [0.25, 0.3) is 0 Å². The van der Waals surface area contributed by atoms with Gasteiger partial charge < -0.3 is 4.43 Å². The fraction of sp³-hybridized carbons (Fsp3) is 0.842. The summed E-state index contributed by atoms with van der Waals surface area (Å²) >= 11 is 0. The topological polar surface area (TPSA) is 26.3 Å². The van der Waals surface area contributed by atoms with E-state index in [0.29, 0.717) is 5.57 Å². The summed E-state index contributed by atoms with van der Waals surface area (Å²) in [6.45, 7) is 12.2. The van der Waals surface area contributed by atoms with E-state index in [4.69, 9.17) is 4.43 Å². The molecule has 0 aliphatic rings. The second kappa shape index (κ2) is 12.9. The van der Waals surface area contributed by atoms with Crippen LogP contribution in [0.4, 0.5) is 0 Å². The van der Waals surface area contributed by atoms with Crippen molar-refractivity contribution in [1.29, 1.82) is 0 Å². The van der Waals surface area contributed by atoms with E-state index in [-0.39, 0.29) is 5.97 Å². The minimum atomic E-state index is -1.94. The van der Waals surface area contributed by atoms with Gasteiger partial charge in [0.15, 0.2) is 0 Å². The van der Waals surface area contributed by atoms with Gasteiger partial charge in [0.05, 0.1) is 0 Å². The Kier molecular flexibility index (Phi) is 12.6. The van der Waals surface area contributed by atoms with Crippen molar-refractivity contribution in [2.75, 3.05) is 0 Å². The molecule has 0 aromatic heterocycles. The first-order valence-corrected chi connectivity index (χ1v) is 11.9. The summed E-state index contributed by atoms with van der Waals surface area (Å²) in [6, 6.07) is 3.44. The highest BCUT2D eigenvalue weighted by molar-refractivity contribution is 6.75. The normalized spacial score (nSPS) is 11.5. The average molecular weight is 327 g/mol. The van der Waals surface area contributed by atoms with E-state index >= 15 is 0 Å². The molecule has 0 heterocycles. The highest BCUT2D eigenvalue weighted by Crippen LogP contribution is 2.31. The van der Waals surface area contributed by atoms with Crippen molar-refractivity contribution in [3.05, 3.63) is 12.2 Å². The average Bonchev–Trinajstić information content (AvgIpc) is 2.48. The highest BCUT2D eigenvalue weighted by atomic mass is 28.4. The van der Waals surface area contributed by atoms with Crippen molar-refractivity contribution in [2.24, 2.45) is 0 Å². The SMILES string of the molecule is C=C(C)C(=O)O[Si](CCCCC)(CCCCC)CCCCC. The fourth-order valence-corrected chi connectivity index (χ4v) is 7.21. The van der Waals surface area contributed by atoms with Crippen LogP contribution >= 0.6 is 0 Å². The van der Waals surface area contributed by atoms with Crippen LogP contribution in [0.15, 0.2) is 12.2 Å². The van der Waals surface area contributed by atoms with Crippen LogP contribution in [-0.2, 0) is 9.22 Å². The zero-order valence-electron chi connectivity index (χ0n) is 15.5. The first-order valence-electron chi connectivity index (χ1n) is 9.40. The van der Waals surface area contributed by atoms with E-state index in [9.17, 15) is 4.79 Å². The Morgan fingerprint density at radius 3 is 1.45 bits per heavy atom. The lowest BCUT2D eigenvalue weighted by molar-refractivity contribution is -0.131. The lowest BCUT2D eigenvalue weighted by Gasteiger charge is -2.31. The zero-order valence-corrected chi connectivity index (χ0v) is 16.5. The molecule has 0 aliphatic carbocycles. The largest absolute Gasteiger partial charge is 0.516 e. The van der Waals surface area contributed by atoms with Gasteiger partial charge in [-0.15, -0.1) is 0 Å². The molecule has 22 heavy (non-hydrogen) atoms. The fourth-order valence-electron chi connectivity index (χ4n) is 2.90. The van der Waals surface area contributed by atoms with Crippen molar-refractivity contribution in [3.8, 4) is 0 Å². The van der Waals surface area contributed by atoms with Gasteiger partial charge in [0.1, 0.15) is 0 Å². The number of hydrogen-bond acceptors (Lipinski definition) is 2. The molecule has 0 N–H and O–H groups in total. The molecule has 0 bridgehead atoms. The van der Waals surface area contributed by atoms with Crippen LogP contribution in [0.2, 0.25) is 18.1 Å². The van der Waals surface area contributed by atoms with Gasteiger partial charge in [0.25, 0.3) is 8.32 Å². The summed E-state index contributed by atoms with van der Waals surface area (Å²) in [7, 11) is -1.94. The summed E-state index contributed by atoms with van der Waals surface area (Å²) in [5, 5.41) is 0. The summed E-state index contributed by atoms with van der Waals surface area (Å²) < 4.78 is 6.14. The lowest BCUT2D eigenvalue weighted by atomic mass is 10.3. The number of hydrogen-bond donors (Lipinski definition) is 0. The van der Waals surface area contributed by atoms with Crippen LogP contribution in [-0.4, -0.2) is 14.3 Å². The number of unbranched alkanes of at least 4 members (excludes halogenated alkanes) is 6. The Bertz CT molecular complexity index is 286. The van der Waals surface area contributed by atoms with Crippen LogP contribution in [0.3, 0.4) is 0 Å². The maximum Gasteiger partial charge on any atom is 0.319 e. The molecule has 0 saturated carbocycles. The van der Waals surface area contributed by atoms with Gasteiger partial charge in [0, 0.05) is 5.57 Å². The van der Waals surface area contributed by atoms with Crippen molar-refractivity contribution in [1.82, 2.24) is 0 Å². The van der Waals surface area contributed by atoms with Gasteiger partial charge in [-0.1, -0.05) is 85.1 Å². The summed E-state index contributed by atoms with van der Waals surface area (Å²) in [5.41, 5.74) is 0.554. The summed E-state index contributed by atoms with van der Waals surface area (Å²) in [6.07, 6.45) is 11.1. The predicted octanol–water partition coefficient (Wildman–Crippen LogP) is 6.62. The molecule has 0 aromatic carbocycles. The number of carbonyl (C=O) groups is 1. The first-order chi connectivity index (χ1) is 10.5. The minimum absolute atomic E-state index is 0.142. The van der Waals surface area contributed by atoms with Gasteiger partial charge in [-0.25, -0.2) is 4.79 Å². The van der Waals surface area contributed by atoms with E-state index in [0.717, 1.165) is 18.1 Å². The van der Waals surface area contributed by atoms with Gasteiger partial charge in [-0.05, 0) is 25.1 Å². The molecule has 0 atom stereocenters. The molecule has 0 radical (unpaired) electrons. The van der Waals surface area contributed by atoms with Gasteiger partial charge >= 0.3 is 5.97 Å². The highest BCUT2D eigenvalue weighted by Gasteiger charge is 2.37. The Balaban J connectivity index is 4.91. The summed E-state index contributed by atoms with van der Waals surface area (Å²) in [4.78, 5) is 12.2. The summed E-state index contributed by atoms with van der Waals surface area (Å²) in [5.74, 6) is -0.142. The molecule has 130 valence electrons. The molecule has 0 rings (SSSR count). The Labute approximate surface area is 139 Å². The van der Waals surface area contributed by atoms with Crippen LogP contribution < -0.4 is 0 Å². The van der Waals surface area contributed by atoms with E-state index in [2.05, 4.69) is 27.4 Å². The number of rotatable bonds is 14. The molecule has 0 saturated heterocycles. The molecule has 3 heteroatoms. The zero-order chi connectivity index (χ0) is 16.8. The minimum Gasteiger partial charge on any atom is -0.516 e. The lowest BCUT2D eigenvalue weighted by Crippen LogP contribution is -2.40. The second-order valence-corrected chi connectivity index (χ2v) is 10.8. The second-order valence-electron chi connectivity index (χ2n) is 6.72. The molecular weight excluding hydrogens is 288 g/mol. The smallest absolute Gasteiger partial charge is 0.319 e. The van der Waals surface area contributed by atoms with Crippen LogP contribution in [0.5, 0.6) is 0 Å². The van der Waals surface area contributed by atoms with Gasteiger partial charge in [0.2, 0.25) is 0 Å². The van der Waals surface area contributed by atoms with E-state index in [1.807, 2.05) is 0 Å². The Morgan fingerprint density at radius 1 is 0.818 bits per heavy atom. The third-order valence-corrected chi connectivity index (χ3v) is 8.78. The van der Waals surface area contributed by atoms with Crippen molar-refractivity contribution in [2.45, 2.75) is 104 Å². The Morgan fingerprint density at radius 2 is 1.18 bits per heavy atom. The number of carbonyl (C=O) groups excluding carboxylic acids is 1. The molecule has 0 spiro atoms. The predicted molar refractivity (Wildman–Crippen MR) is 99.7 cm³/mol. The maximum absolute atomic E-state index is 12.2. The Hall–Kier alpha value is -0.573. The first kappa shape index (κ1) is 21.4. The molecule has 0 aliphatic heterocycles. The van der Waals surface area contributed by atoms with Crippen molar-refractivity contribution in [3.63, 3.8) is 0 Å². The molecule has 0 aromatic rings. The third-order valence-electron chi connectivity index (χ3n) is 4.37. The van der Waals surface area contributed by atoms with Gasteiger partial charge in [-0.2, -0.15) is 0 Å². The van der Waals surface area contributed by atoms with Crippen molar-refractivity contribution >= 4 is 14.3 Å². The van der Waals surface area contributed by atoms with E-state index < -0.39 is 8.32 Å². The van der Waals surface area contributed by atoms with Crippen LogP contribution in [0, 0.1) is 0 Å². The molecule has 0 fully saturated rings. The van der Waals surface area contributed by atoms with Gasteiger partial charge in [-0.3, -0.25) is 0 Å². The quantitative estimate of drug-likeness (QED) is 0.204. The maximum atomic E-state index is 12.2. The standard InChI is InChI=1S/C19H38O2Si/c1-6-9-12-15-22(16-13-10-7-2,17-14-11-8-3)21-19(20)18(4)5/h4,6-17H2,1-3,5H3. The molecular formula is C19H38O2Si. The monoisotopic (exact) mass is 326 g/mol. The third kappa shape index (κ3) is 9.45. The molecule has 0 unspecified atom stereocenters. The van der Waals surface area contributed by atoms with Crippen molar-refractivity contribution < 1.29 is 9.22 Å². The van der Waals surface area contributed by atoms with Crippen LogP contribution in [0.1, 0.15) is 85.5 Å². The van der Waals surface area contributed by atoms with E-state index in [1.54, 1.807) is 6.92 Å². The van der Waals surface area contributed by atoms with E-state index in [1.165, 1.54) is 57.8 Å². The molecule has 0 amide bonds.